The van der Waals surface area contributed by atoms with Crippen LogP contribution in [0.2, 0.25) is 5.22 Å². The normalized spacial score (nSPS) is 10.9. The molecule has 1 N–H and O–H groups in total. The van der Waals surface area contributed by atoms with Gasteiger partial charge in [-0.05, 0) is 44.1 Å². The molecule has 0 aliphatic rings. The van der Waals surface area contributed by atoms with Gasteiger partial charge in [-0.3, -0.25) is 4.90 Å². The van der Waals surface area contributed by atoms with Gasteiger partial charge in [0.05, 0.1) is 6.54 Å². The van der Waals surface area contributed by atoms with Crippen LogP contribution in [0.3, 0.4) is 0 Å². The van der Waals surface area contributed by atoms with Gasteiger partial charge in [-0.15, -0.1) is 12.4 Å². The second-order valence-electron chi connectivity index (χ2n) is 4.10. The lowest BCUT2D eigenvalue weighted by Gasteiger charge is -2.24. The van der Waals surface area contributed by atoms with E-state index in [-0.39, 0.29) is 12.4 Å². The van der Waals surface area contributed by atoms with Crippen LogP contribution in [0.5, 0.6) is 0 Å². The SMILES string of the molecule is CCN(CCNCc1ccc(Cl)o1)C(C)C.Cl. The zero-order chi connectivity index (χ0) is 12.0. The van der Waals surface area contributed by atoms with Crippen LogP contribution in [0, 0.1) is 0 Å². The molecule has 0 aliphatic heterocycles. The summed E-state index contributed by atoms with van der Waals surface area (Å²) in [5.74, 6) is 0.887. The van der Waals surface area contributed by atoms with Crippen molar-refractivity contribution in [3.63, 3.8) is 0 Å². The lowest BCUT2D eigenvalue weighted by Crippen LogP contribution is -2.36. The zero-order valence-corrected chi connectivity index (χ0v) is 12.3. The molecule has 0 aliphatic carbocycles. The smallest absolute Gasteiger partial charge is 0.193 e. The summed E-state index contributed by atoms with van der Waals surface area (Å²) in [5, 5.41) is 3.79. The summed E-state index contributed by atoms with van der Waals surface area (Å²) < 4.78 is 5.25. The summed E-state index contributed by atoms with van der Waals surface area (Å²) in [7, 11) is 0. The van der Waals surface area contributed by atoms with E-state index in [1.807, 2.05) is 6.07 Å². The molecule has 100 valence electrons. The van der Waals surface area contributed by atoms with Gasteiger partial charge in [0.15, 0.2) is 5.22 Å². The Hall–Kier alpha value is -0.220. The van der Waals surface area contributed by atoms with E-state index in [0.717, 1.165) is 31.9 Å². The van der Waals surface area contributed by atoms with Crippen molar-refractivity contribution >= 4 is 24.0 Å². The maximum absolute atomic E-state index is 5.68. The third-order valence-electron chi connectivity index (χ3n) is 2.64. The van der Waals surface area contributed by atoms with Crippen LogP contribution < -0.4 is 5.32 Å². The van der Waals surface area contributed by atoms with E-state index < -0.39 is 0 Å². The molecule has 0 aromatic carbocycles. The van der Waals surface area contributed by atoms with E-state index in [1.54, 1.807) is 6.07 Å². The Labute approximate surface area is 115 Å². The molecule has 0 radical (unpaired) electrons. The molecule has 1 rings (SSSR count). The van der Waals surface area contributed by atoms with Crippen LogP contribution in [0.15, 0.2) is 16.5 Å². The molecule has 0 bridgehead atoms. The maximum Gasteiger partial charge on any atom is 0.193 e. The Morgan fingerprint density at radius 1 is 1.41 bits per heavy atom. The monoisotopic (exact) mass is 280 g/mol. The Balaban J connectivity index is 0.00000256. The summed E-state index contributed by atoms with van der Waals surface area (Å²) in [6.45, 7) is 10.5. The first-order valence-corrected chi connectivity index (χ1v) is 6.20. The number of hydrogen-bond donors (Lipinski definition) is 1. The van der Waals surface area contributed by atoms with Crippen molar-refractivity contribution in [3.05, 3.63) is 23.1 Å². The van der Waals surface area contributed by atoms with Gasteiger partial charge in [0.1, 0.15) is 5.76 Å². The summed E-state index contributed by atoms with van der Waals surface area (Å²) in [4.78, 5) is 2.42. The summed E-state index contributed by atoms with van der Waals surface area (Å²) in [6.07, 6.45) is 0. The fourth-order valence-electron chi connectivity index (χ4n) is 1.66. The number of hydrogen-bond acceptors (Lipinski definition) is 3. The van der Waals surface area contributed by atoms with E-state index in [1.165, 1.54) is 0 Å². The van der Waals surface area contributed by atoms with Crippen molar-refractivity contribution in [2.24, 2.45) is 0 Å². The quantitative estimate of drug-likeness (QED) is 0.778. The first-order valence-electron chi connectivity index (χ1n) is 5.82. The molecule has 1 aromatic rings. The summed E-state index contributed by atoms with van der Waals surface area (Å²) >= 11 is 5.68. The molecule has 0 saturated carbocycles. The van der Waals surface area contributed by atoms with Gasteiger partial charge in [0.2, 0.25) is 0 Å². The summed E-state index contributed by atoms with van der Waals surface area (Å²) in [6, 6.07) is 4.27. The molecule has 3 nitrogen and oxygen atoms in total. The van der Waals surface area contributed by atoms with Crippen LogP contribution >= 0.6 is 24.0 Å². The largest absolute Gasteiger partial charge is 0.448 e. The molecule has 0 fully saturated rings. The molecule has 0 atom stereocenters. The molecule has 0 saturated heterocycles. The van der Waals surface area contributed by atoms with Gasteiger partial charge in [0.25, 0.3) is 0 Å². The zero-order valence-electron chi connectivity index (χ0n) is 10.7. The van der Waals surface area contributed by atoms with Crippen molar-refractivity contribution in [1.29, 1.82) is 0 Å². The first kappa shape index (κ1) is 16.8. The average Bonchev–Trinajstić information content (AvgIpc) is 2.64. The van der Waals surface area contributed by atoms with Gasteiger partial charge in [-0.1, -0.05) is 6.92 Å². The third-order valence-corrected chi connectivity index (χ3v) is 2.84. The van der Waals surface area contributed by atoms with Crippen LogP contribution in [-0.2, 0) is 6.54 Å². The minimum atomic E-state index is 0. The highest BCUT2D eigenvalue weighted by Gasteiger charge is 2.05. The van der Waals surface area contributed by atoms with Crippen molar-refractivity contribution in [2.75, 3.05) is 19.6 Å². The second-order valence-corrected chi connectivity index (χ2v) is 4.48. The lowest BCUT2D eigenvalue weighted by atomic mass is 10.3. The standard InChI is InChI=1S/C12H21ClN2O.ClH/c1-4-15(10(2)3)8-7-14-9-11-5-6-12(13)16-11;/h5-6,10,14H,4,7-9H2,1-3H3;1H. The fourth-order valence-corrected chi connectivity index (χ4v) is 1.82. The third kappa shape index (κ3) is 6.32. The lowest BCUT2D eigenvalue weighted by molar-refractivity contribution is 0.233. The van der Waals surface area contributed by atoms with Crippen molar-refractivity contribution in [3.8, 4) is 0 Å². The highest BCUT2D eigenvalue weighted by atomic mass is 35.5. The Kier molecular flexibility index (Phi) is 8.70. The van der Waals surface area contributed by atoms with Crippen molar-refractivity contribution < 1.29 is 4.42 Å². The maximum atomic E-state index is 5.68. The molecule has 5 heteroatoms. The fraction of sp³-hybridized carbons (Fsp3) is 0.667. The number of nitrogens with one attached hydrogen (secondary N) is 1. The van der Waals surface area contributed by atoms with Crippen LogP contribution in [0.4, 0.5) is 0 Å². The number of halogens is 2. The highest BCUT2D eigenvalue weighted by Crippen LogP contribution is 2.12. The predicted molar refractivity (Wildman–Crippen MR) is 75.1 cm³/mol. The minimum absolute atomic E-state index is 0. The highest BCUT2D eigenvalue weighted by molar-refractivity contribution is 6.28. The van der Waals surface area contributed by atoms with E-state index in [9.17, 15) is 0 Å². The van der Waals surface area contributed by atoms with Crippen LogP contribution in [0.1, 0.15) is 26.5 Å². The topological polar surface area (TPSA) is 28.4 Å². The number of furan rings is 1. The number of nitrogens with zero attached hydrogens (tertiary/aromatic N) is 1. The van der Waals surface area contributed by atoms with Crippen molar-refractivity contribution in [2.45, 2.75) is 33.4 Å². The predicted octanol–water partition coefficient (Wildman–Crippen LogP) is 3.17. The molecule has 17 heavy (non-hydrogen) atoms. The number of rotatable bonds is 7. The van der Waals surface area contributed by atoms with E-state index in [2.05, 4.69) is 31.0 Å². The molecule has 0 unspecified atom stereocenters. The van der Waals surface area contributed by atoms with Gasteiger partial charge >= 0.3 is 0 Å². The molecule has 1 aromatic heterocycles. The second kappa shape index (κ2) is 8.81. The van der Waals surface area contributed by atoms with Crippen LogP contribution in [0.25, 0.3) is 0 Å². The number of likely N-dealkylation sites (N-methyl/N-ethyl adjacent to an activating group) is 1. The Morgan fingerprint density at radius 3 is 2.59 bits per heavy atom. The minimum Gasteiger partial charge on any atom is -0.448 e. The molecule has 0 spiro atoms. The summed E-state index contributed by atoms with van der Waals surface area (Å²) in [5.41, 5.74) is 0. The Bertz CT molecular complexity index is 302. The van der Waals surface area contributed by atoms with E-state index >= 15 is 0 Å². The van der Waals surface area contributed by atoms with Gasteiger partial charge in [-0.2, -0.15) is 0 Å². The van der Waals surface area contributed by atoms with Crippen molar-refractivity contribution in [1.82, 2.24) is 10.2 Å². The first-order chi connectivity index (χ1) is 7.63. The van der Waals surface area contributed by atoms with E-state index in [4.69, 9.17) is 16.0 Å². The molecule has 1 heterocycles. The van der Waals surface area contributed by atoms with Gasteiger partial charge < -0.3 is 9.73 Å². The van der Waals surface area contributed by atoms with Gasteiger partial charge in [-0.25, -0.2) is 0 Å². The molecular weight excluding hydrogens is 259 g/mol. The average molecular weight is 281 g/mol. The Morgan fingerprint density at radius 2 is 2.12 bits per heavy atom. The van der Waals surface area contributed by atoms with Crippen LogP contribution in [-0.4, -0.2) is 30.6 Å². The van der Waals surface area contributed by atoms with Gasteiger partial charge in [0, 0.05) is 19.1 Å². The molecular formula is C12H22Cl2N2O. The van der Waals surface area contributed by atoms with E-state index in [0.29, 0.717) is 11.3 Å². The molecule has 0 amide bonds.